The molecule has 1 heterocycles. The van der Waals surface area contributed by atoms with E-state index in [1.165, 1.54) is 6.26 Å². The molecule has 17 heavy (non-hydrogen) atoms. The largest absolute Gasteiger partial charge is 0.265 e. The van der Waals surface area contributed by atoms with Crippen molar-refractivity contribution in [1.29, 1.82) is 0 Å². The lowest BCUT2D eigenvalue weighted by atomic mass is 9.91. The van der Waals surface area contributed by atoms with Gasteiger partial charge in [0.05, 0.1) is 10.1 Å². The molecule has 0 bridgehead atoms. The lowest BCUT2D eigenvalue weighted by Gasteiger charge is -2.32. The zero-order chi connectivity index (χ0) is 13.3. The summed E-state index contributed by atoms with van der Waals surface area (Å²) in [6.07, 6.45) is 4.59. The van der Waals surface area contributed by atoms with Crippen molar-refractivity contribution >= 4 is 21.4 Å². The van der Waals surface area contributed by atoms with Gasteiger partial charge in [0.15, 0.2) is 9.84 Å². The molecule has 2 atom stereocenters. The third-order valence-electron chi connectivity index (χ3n) is 3.29. The lowest BCUT2D eigenvalue weighted by Crippen LogP contribution is -2.42. The van der Waals surface area contributed by atoms with Crippen LogP contribution in [0.3, 0.4) is 0 Å². The number of hydrogen-bond donors (Lipinski definition) is 0. The number of halogens is 1. The van der Waals surface area contributed by atoms with Crippen LogP contribution in [-0.4, -0.2) is 29.8 Å². The Labute approximate surface area is 108 Å². The summed E-state index contributed by atoms with van der Waals surface area (Å²) in [5.41, 5.74) is 0.997. The molecule has 0 aliphatic heterocycles. The number of hydrogen-bond acceptors (Lipinski definition) is 3. The summed E-state index contributed by atoms with van der Waals surface area (Å²) in [6.45, 7) is 5.26. The third-order valence-corrected chi connectivity index (χ3v) is 6.51. The number of pyridine rings is 1. The number of rotatable bonds is 4. The van der Waals surface area contributed by atoms with Crippen LogP contribution in [0.5, 0.6) is 0 Å². The van der Waals surface area contributed by atoms with E-state index in [4.69, 9.17) is 11.6 Å². The van der Waals surface area contributed by atoms with Gasteiger partial charge >= 0.3 is 0 Å². The SMILES string of the molecule is CC(c1ccncc1)C(Cl)C(C)(C)S(C)(=O)=O. The molecule has 1 aromatic rings. The van der Waals surface area contributed by atoms with Crippen LogP contribution in [0.25, 0.3) is 0 Å². The maximum Gasteiger partial charge on any atom is 0.154 e. The molecule has 3 nitrogen and oxygen atoms in total. The Hall–Kier alpha value is -0.610. The molecule has 0 amide bonds. The maximum atomic E-state index is 11.7. The zero-order valence-electron chi connectivity index (χ0n) is 10.5. The Morgan fingerprint density at radius 2 is 1.76 bits per heavy atom. The molecule has 0 fully saturated rings. The summed E-state index contributed by atoms with van der Waals surface area (Å²) in [6, 6.07) is 3.72. The summed E-state index contributed by atoms with van der Waals surface area (Å²) in [4.78, 5) is 3.94. The van der Waals surface area contributed by atoms with Crippen LogP contribution in [0.15, 0.2) is 24.5 Å². The molecule has 0 radical (unpaired) electrons. The van der Waals surface area contributed by atoms with Crippen molar-refractivity contribution in [2.24, 2.45) is 0 Å². The van der Waals surface area contributed by atoms with E-state index in [0.717, 1.165) is 5.56 Å². The fraction of sp³-hybridized carbons (Fsp3) is 0.583. The zero-order valence-corrected chi connectivity index (χ0v) is 12.1. The normalized spacial score (nSPS) is 16.5. The smallest absolute Gasteiger partial charge is 0.154 e. The summed E-state index contributed by atoms with van der Waals surface area (Å²) < 4.78 is 22.5. The van der Waals surface area contributed by atoms with Gasteiger partial charge in [-0.3, -0.25) is 4.98 Å². The van der Waals surface area contributed by atoms with Gasteiger partial charge in [-0.15, -0.1) is 11.6 Å². The predicted octanol–water partition coefficient (Wildman–Crippen LogP) is 2.62. The lowest BCUT2D eigenvalue weighted by molar-refractivity contribution is 0.509. The highest BCUT2D eigenvalue weighted by Gasteiger charge is 2.41. The highest BCUT2D eigenvalue weighted by Crippen LogP contribution is 2.35. The number of sulfone groups is 1. The van der Waals surface area contributed by atoms with Crippen LogP contribution in [0.1, 0.15) is 32.3 Å². The minimum absolute atomic E-state index is 0.0515. The Kier molecular flexibility index (Phi) is 4.20. The van der Waals surface area contributed by atoms with Gasteiger partial charge < -0.3 is 0 Å². The second kappa shape index (κ2) is 4.94. The Morgan fingerprint density at radius 1 is 1.29 bits per heavy atom. The Morgan fingerprint density at radius 3 is 2.18 bits per heavy atom. The van der Waals surface area contributed by atoms with Crippen molar-refractivity contribution in [2.45, 2.75) is 36.8 Å². The first kappa shape index (κ1) is 14.5. The molecule has 96 valence electrons. The number of alkyl halides is 1. The quantitative estimate of drug-likeness (QED) is 0.794. The van der Waals surface area contributed by atoms with E-state index in [1.54, 1.807) is 26.2 Å². The van der Waals surface area contributed by atoms with Gasteiger partial charge in [-0.2, -0.15) is 0 Å². The van der Waals surface area contributed by atoms with E-state index in [0.29, 0.717) is 0 Å². The van der Waals surface area contributed by atoms with Crippen LogP contribution >= 0.6 is 11.6 Å². The van der Waals surface area contributed by atoms with Crippen LogP contribution < -0.4 is 0 Å². The van der Waals surface area contributed by atoms with Gasteiger partial charge in [-0.25, -0.2) is 8.42 Å². The van der Waals surface area contributed by atoms with Crippen LogP contribution in [0.2, 0.25) is 0 Å². The molecular weight excluding hydrogens is 258 g/mol. The molecule has 0 aromatic carbocycles. The van der Waals surface area contributed by atoms with Crippen molar-refractivity contribution in [3.63, 3.8) is 0 Å². The molecule has 5 heteroatoms. The number of aromatic nitrogens is 1. The molecule has 2 unspecified atom stereocenters. The first-order chi connectivity index (χ1) is 7.68. The first-order valence-electron chi connectivity index (χ1n) is 5.41. The fourth-order valence-corrected chi connectivity index (χ4v) is 2.89. The van der Waals surface area contributed by atoms with E-state index in [-0.39, 0.29) is 5.92 Å². The van der Waals surface area contributed by atoms with E-state index in [1.807, 2.05) is 19.1 Å². The highest BCUT2D eigenvalue weighted by molar-refractivity contribution is 7.92. The van der Waals surface area contributed by atoms with Crippen LogP contribution in [0.4, 0.5) is 0 Å². The summed E-state index contributed by atoms with van der Waals surface area (Å²) in [5, 5.41) is -0.486. The molecule has 0 saturated carbocycles. The van der Waals surface area contributed by atoms with Gasteiger partial charge in [0, 0.05) is 18.6 Å². The molecule has 0 saturated heterocycles. The molecule has 0 aliphatic carbocycles. The molecule has 0 aliphatic rings. The minimum atomic E-state index is -3.20. The van der Waals surface area contributed by atoms with E-state index >= 15 is 0 Å². The maximum absolute atomic E-state index is 11.7. The number of nitrogens with zero attached hydrogens (tertiary/aromatic N) is 1. The van der Waals surface area contributed by atoms with Gasteiger partial charge in [-0.05, 0) is 37.5 Å². The molecule has 0 spiro atoms. The summed E-state index contributed by atoms with van der Waals surface area (Å²) in [5.74, 6) is -0.0515. The average molecular weight is 276 g/mol. The van der Waals surface area contributed by atoms with E-state index < -0.39 is 20.0 Å². The Balaban J connectivity index is 3.03. The van der Waals surface area contributed by atoms with Crippen molar-refractivity contribution < 1.29 is 8.42 Å². The summed E-state index contributed by atoms with van der Waals surface area (Å²) in [7, 11) is -3.20. The van der Waals surface area contributed by atoms with Gasteiger partial charge in [0.1, 0.15) is 0 Å². The molecular formula is C12H18ClNO2S. The van der Waals surface area contributed by atoms with Crippen molar-refractivity contribution in [3.8, 4) is 0 Å². The monoisotopic (exact) mass is 275 g/mol. The van der Waals surface area contributed by atoms with E-state index in [9.17, 15) is 8.42 Å². The molecule has 1 rings (SSSR count). The molecule has 0 N–H and O–H groups in total. The van der Waals surface area contributed by atoms with Gasteiger partial charge in [0.2, 0.25) is 0 Å². The molecule has 1 aromatic heterocycles. The summed E-state index contributed by atoms with van der Waals surface area (Å²) >= 11 is 6.34. The Bertz CT molecular complexity index is 471. The second-order valence-corrected chi connectivity index (χ2v) is 7.91. The van der Waals surface area contributed by atoms with Gasteiger partial charge in [0.25, 0.3) is 0 Å². The third kappa shape index (κ3) is 2.99. The van der Waals surface area contributed by atoms with Gasteiger partial charge in [-0.1, -0.05) is 6.92 Å². The van der Waals surface area contributed by atoms with Crippen molar-refractivity contribution in [3.05, 3.63) is 30.1 Å². The fourth-order valence-electron chi connectivity index (χ4n) is 1.64. The van der Waals surface area contributed by atoms with E-state index in [2.05, 4.69) is 4.98 Å². The standard InChI is InChI=1S/C12H18ClNO2S/c1-9(10-5-7-14-8-6-10)11(13)12(2,3)17(4,15)16/h5-9,11H,1-4H3. The first-order valence-corrected chi connectivity index (χ1v) is 7.74. The highest BCUT2D eigenvalue weighted by atomic mass is 35.5. The van der Waals surface area contributed by atoms with Crippen molar-refractivity contribution in [2.75, 3.05) is 6.26 Å². The van der Waals surface area contributed by atoms with Crippen molar-refractivity contribution in [1.82, 2.24) is 4.98 Å². The minimum Gasteiger partial charge on any atom is -0.265 e. The van der Waals surface area contributed by atoms with Crippen LogP contribution in [0, 0.1) is 0 Å². The van der Waals surface area contributed by atoms with Crippen LogP contribution in [-0.2, 0) is 9.84 Å². The second-order valence-electron chi connectivity index (χ2n) is 4.85. The topological polar surface area (TPSA) is 47.0 Å². The predicted molar refractivity (Wildman–Crippen MR) is 71.2 cm³/mol. The average Bonchev–Trinajstić information content (AvgIpc) is 2.26.